The van der Waals surface area contributed by atoms with Crippen LogP contribution in [0.15, 0.2) is 133 Å². The van der Waals surface area contributed by atoms with Crippen molar-refractivity contribution in [2.45, 2.75) is 122 Å². The molecule has 93 heavy (non-hydrogen) atoms. The summed E-state index contributed by atoms with van der Waals surface area (Å²) in [5.41, 5.74) is 5.64. The first kappa shape index (κ1) is 74.5. The van der Waals surface area contributed by atoms with Crippen molar-refractivity contribution in [2.24, 2.45) is 5.41 Å². The van der Waals surface area contributed by atoms with Gasteiger partial charge in [0.1, 0.15) is 52.5 Å². The van der Waals surface area contributed by atoms with Gasteiger partial charge in [0.05, 0.1) is 82.8 Å². The third kappa shape index (κ3) is 26.3. The Balaban J connectivity index is 0.000000258. The topological polar surface area (TPSA) is 178 Å². The number of carbonyl (C=O) groups excluding carboxylic acids is 3. The number of alkyl halides is 3. The zero-order chi connectivity index (χ0) is 65.7. The summed E-state index contributed by atoms with van der Waals surface area (Å²) in [6, 6.07) is 36.6. The maximum absolute atomic E-state index is 13.0. The zero-order valence-electron chi connectivity index (χ0n) is 54.0. The van der Waals surface area contributed by atoms with Gasteiger partial charge in [0.2, 0.25) is 0 Å². The summed E-state index contributed by atoms with van der Waals surface area (Å²) in [4.78, 5) is 38.3. The zero-order valence-corrected chi connectivity index (χ0v) is 60.2. The van der Waals surface area contributed by atoms with Crippen molar-refractivity contribution in [3.8, 4) is 51.4 Å². The molecule has 0 amide bonds. The average Bonchev–Trinajstić information content (AvgIpc) is 1.62. The molecule has 16 nitrogen and oxygen atoms in total. The standard InChI is InChI=1S/C46H52O10.C26H31F3O6.2K/c1-32-43-26-37(55-45(47)33-10-14-35(15-11-33)51-24-8-4-2-6-22-49-28-39-30-53-39)18-20-41(43)42-21-19-38(27-44(32)42)56-46(48)34-12-16-36(17-13-34)52-25-9-5-3-7-23-50-29-40-31-54-40;1-2-25(18-32-19-25)17-31-15-5-3-4-6-16-33-21-9-7-20(8-10-21)24(30)34-22-11-13-23(14-12-22)35-26(27,28)29;;/h10-21,26-27,32,39-40H,2-9,22-25,28-31H2,1H3;7-14H,2-6,15-19H2,1H3;;. The third-order valence-electron chi connectivity index (χ3n) is 16.0. The maximum atomic E-state index is 13.0. The van der Waals surface area contributed by atoms with Gasteiger partial charge in [0.15, 0.2) is 0 Å². The van der Waals surface area contributed by atoms with Crippen LogP contribution in [-0.2, 0) is 28.4 Å². The van der Waals surface area contributed by atoms with Crippen LogP contribution >= 0.6 is 0 Å². The molecule has 10 rings (SSSR count). The molecule has 3 saturated heterocycles. The van der Waals surface area contributed by atoms with Crippen molar-refractivity contribution in [3.05, 3.63) is 161 Å². The van der Waals surface area contributed by atoms with Crippen LogP contribution in [0.4, 0.5) is 13.2 Å². The van der Waals surface area contributed by atoms with E-state index in [9.17, 15) is 27.6 Å². The number of hydrogen-bond acceptors (Lipinski definition) is 16. The number of fused-ring (bicyclic) bond motifs is 3. The second-order valence-corrected chi connectivity index (χ2v) is 23.2. The molecule has 3 aliphatic heterocycles. The molecule has 21 heteroatoms. The third-order valence-corrected chi connectivity index (χ3v) is 16.0. The molecule has 4 aliphatic rings. The number of esters is 3. The first-order valence-electron chi connectivity index (χ1n) is 32.8. The molecule has 2 atom stereocenters. The molecule has 3 heterocycles. The Morgan fingerprint density at radius 2 is 0.796 bits per heavy atom. The fourth-order valence-corrected chi connectivity index (χ4v) is 10.2. The van der Waals surface area contributed by atoms with E-state index < -0.39 is 30.0 Å². The van der Waals surface area contributed by atoms with Crippen LogP contribution in [-0.4, -0.2) is 186 Å². The predicted molar refractivity (Wildman–Crippen MR) is 346 cm³/mol. The molecule has 0 bridgehead atoms. The van der Waals surface area contributed by atoms with Crippen molar-refractivity contribution in [2.75, 3.05) is 85.9 Å². The molecular weight excluding hydrogens is 1260 g/mol. The Morgan fingerprint density at radius 3 is 1.14 bits per heavy atom. The quantitative estimate of drug-likeness (QED) is 0.0117. The number of rotatable bonds is 38. The molecule has 490 valence electrons. The van der Waals surface area contributed by atoms with E-state index in [1.165, 1.54) is 75.3 Å². The van der Waals surface area contributed by atoms with E-state index in [4.69, 9.17) is 56.8 Å². The Labute approximate surface area is 589 Å². The Hall–Kier alpha value is -4.25. The molecular formula is C72H83F3K2O16. The second kappa shape index (κ2) is 39.8. The van der Waals surface area contributed by atoms with Gasteiger partial charge in [-0.2, -0.15) is 0 Å². The molecule has 0 spiro atoms. The summed E-state index contributed by atoms with van der Waals surface area (Å²) >= 11 is 2.50. The molecule has 1 aliphatic carbocycles. The van der Waals surface area contributed by atoms with Crippen molar-refractivity contribution >= 4 is 81.1 Å². The van der Waals surface area contributed by atoms with Crippen molar-refractivity contribution in [1.82, 2.24) is 0 Å². The Bertz CT molecular complexity index is 3070. The summed E-state index contributed by atoms with van der Waals surface area (Å²) in [5, 5.41) is 0. The van der Waals surface area contributed by atoms with Gasteiger partial charge in [-0.15, -0.1) is 13.2 Å². The SMILES string of the molecule is CC1c2cc(OC(=O)c3ccc(OCCCCCCOCC4CO4)cc3)ccc2-c2ccc(OC(=O)c3ccc(OCCCCCCOCC4CO4)cc3)cc21.CCC1(COCCCCCCOc2ccc(C(=O)Oc3ccc(OC(F)(F)F)cc3)cc2)COC1.[K][K]. The molecule has 2 unspecified atom stereocenters. The van der Waals surface area contributed by atoms with Crippen molar-refractivity contribution in [3.63, 3.8) is 0 Å². The second-order valence-electron chi connectivity index (χ2n) is 23.2. The summed E-state index contributed by atoms with van der Waals surface area (Å²) in [5.74, 6) is 1.27. The van der Waals surface area contributed by atoms with Gasteiger partial charge in [-0.25, -0.2) is 14.4 Å². The van der Waals surface area contributed by atoms with Gasteiger partial charge in [0, 0.05) is 31.2 Å². The number of hydrogen-bond donors (Lipinski definition) is 0. The fourth-order valence-electron chi connectivity index (χ4n) is 10.2. The minimum atomic E-state index is -4.78. The summed E-state index contributed by atoms with van der Waals surface area (Å²) in [7, 11) is 0. The summed E-state index contributed by atoms with van der Waals surface area (Å²) in [6.45, 7) is 13.9. The van der Waals surface area contributed by atoms with E-state index in [0.717, 1.165) is 182 Å². The molecule has 6 aromatic rings. The number of unbranched alkanes of at least 4 members (excludes halogenated alkanes) is 9. The van der Waals surface area contributed by atoms with Crippen LogP contribution in [0.5, 0.6) is 40.2 Å². The van der Waals surface area contributed by atoms with E-state index in [-0.39, 0.29) is 17.1 Å². The minimum absolute atomic E-state index is 0.0108. The molecule has 0 saturated carbocycles. The molecule has 6 aromatic carbocycles. The van der Waals surface area contributed by atoms with Crippen LogP contribution in [0.2, 0.25) is 0 Å². The fraction of sp³-hybridized carbons (Fsp3) is 0.458. The first-order chi connectivity index (χ1) is 45.3. The van der Waals surface area contributed by atoms with Crippen LogP contribution in [0.25, 0.3) is 11.1 Å². The van der Waals surface area contributed by atoms with E-state index >= 15 is 0 Å². The van der Waals surface area contributed by atoms with Gasteiger partial charge >= 0.3 is 87.4 Å². The number of halogens is 3. The van der Waals surface area contributed by atoms with Crippen molar-refractivity contribution < 1.29 is 89.1 Å². The van der Waals surface area contributed by atoms with Gasteiger partial charge in [-0.05, 0) is 208 Å². The number of ether oxygens (including phenoxy) is 13. The van der Waals surface area contributed by atoms with E-state index in [1.807, 2.05) is 36.4 Å². The molecule has 0 radical (unpaired) electrons. The number of epoxide rings is 2. The van der Waals surface area contributed by atoms with E-state index in [1.54, 1.807) is 72.8 Å². The monoisotopic (exact) mass is 1340 g/mol. The summed E-state index contributed by atoms with van der Waals surface area (Å²) in [6.07, 6.45) is 9.39. The molecule has 0 N–H and O–H groups in total. The Morgan fingerprint density at radius 1 is 0.462 bits per heavy atom. The molecule has 3 fully saturated rings. The van der Waals surface area contributed by atoms with E-state index in [2.05, 4.69) is 18.6 Å². The van der Waals surface area contributed by atoms with Gasteiger partial charge in [-0.3, -0.25) is 0 Å². The van der Waals surface area contributed by atoms with Gasteiger partial charge in [-0.1, -0.05) is 45.2 Å². The normalized spacial score (nSPS) is 16.2. The number of benzene rings is 6. The summed E-state index contributed by atoms with van der Waals surface area (Å²) < 4.78 is 107. The van der Waals surface area contributed by atoms with Crippen LogP contribution in [0.1, 0.15) is 145 Å². The van der Waals surface area contributed by atoms with Crippen molar-refractivity contribution in [1.29, 1.82) is 0 Å². The van der Waals surface area contributed by atoms with Gasteiger partial charge in [0.25, 0.3) is 0 Å². The van der Waals surface area contributed by atoms with Crippen LogP contribution in [0, 0.1) is 5.41 Å². The van der Waals surface area contributed by atoms with E-state index in [0.29, 0.717) is 79.2 Å². The van der Waals surface area contributed by atoms with Gasteiger partial charge < -0.3 is 61.6 Å². The van der Waals surface area contributed by atoms with Crippen LogP contribution < -0.4 is 33.2 Å². The first-order valence-corrected chi connectivity index (χ1v) is 48.8. The predicted octanol–water partition coefficient (Wildman–Crippen LogP) is 14.4. The molecule has 0 aromatic heterocycles. The number of carbonyl (C=O) groups is 3. The average molecular weight is 1340 g/mol. The Kier molecular flexibility index (Phi) is 31.9. The van der Waals surface area contributed by atoms with Crippen LogP contribution in [0.3, 0.4) is 0 Å².